The summed E-state index contributed by atoms with van der Waals surface area (Å²) in [5.74, 6) is 0. The quantitative estimate of drug-likeness (QED) is 0.311. The number of benzene rings is 4. The zero-order chi connectivity index (χ0) is 22.6. The molecule has 1 aromatic heterocycles. The highest BCUT2D eigenvalue weighted by atomic mass is 16.7. The van der Waals surface area contributed by atoms with Crippen molar-refractivity contribution in [3.63, 3.8) is 0 Å². The van der Waals surface area contributed by atoms with Crippen LogP contribution in [0.1, 0.15) is 20.8 Å². The van der Waals surface area contributed by atoms with Crippen molar-refractivity contribution in [3.8, 4) is 16.8 Å². The van der Waals surface area contributed by atoms with Gasteiger partial charge in [-0.15, -0.1) is 0 Å². The van der Waals surface area contributed by atoms with Gasteiger partial charge in [0.05, 0.1) is 17.2 Å². The predicted octanol–water partition coefficient (Wildman–Crippen LogP) is 6.36. The van der Waals surface area contributed by atoms with E-state index >= 15 is 0 Å². The molecule has 33 heavy (non-hydrogen) atoms. The maximum absolute atomic E-state index is 6.23. The van der Waals surface area contributed by atoms with E-state index in [2.05, 4.69) is 123 Å². The fourth-order valence-corrected chi connectivity index (χ4v) is 4.77. The molecule has 0 saturated carbocycles. The first-order valence-electron chi connectivity index (χ1n) is 11.5. The first-order chi connectivity index (χ1) is 16.0. The maximum atomic E-state index is 6.23. The molecule has 6 rings (SSSR count). The smallest absolute Gasteiger partial charge is 0.402 e. The Hall–Kier alpha value is -3.34. The Kier molecular flexibility index (Phi) is 4.68. The molecule has 162 valence electrons. The van der Waals surface area contributed by atoms with Crippen molar-refractivity contribution in [1.82, 2.24) is 4.57 Å². The van der Waals surface area contributed by atoms with Crippen LogP contribution in [-0.4, -0.2) is 23.4 Å². The van der Waals surface area contributed by atoms with Crippen LogP contribution in [0.4, 0.5) is 0 Å². The summed E-state index contributed by atoms with van der Waals surface area (Å²) in [5, 5.41) is 3.72. The Morgan fingerprint density at radius 2 is 1.61 bits per heavy atom. The molecule has 4 heteroatoms. The van der Waals surface area contributed by atoms with E-state index in [0.29, 0.717) is 0 Å². The number of hydrogen-bond acceptors (Lipinski definition) is 2. The van der Waals surface area contributed by atoms with Gasteiger partial charge in [-0.25, -0.2) is 0 Å². The van der Waals surface area contributed by atoms with E-state index in [1.54, 1.807) is 0 Å². The Labute approximate surface area is 194 Å². The van der Waals surface area contributed by atoms with Gasteiger partial charge in [-0.2, -0.15) is 0 Å². The minimum Gasteiger partial charge on any atom is -0.402 e. The van der Waals surface area contributed by atoms with E-state index in [1.807, 2.05) is 0 Å². The Morgan fingerprint density at radius 3 is 2.39 bits per heavy atom. The number of hydrogen-bond donors (Lipinski definition) is 0. The van der Waals surface area contributed by atoms with Crippen molar-refractivity contribution in [2.45, 2.75) is 32.5 Å². The second-order valence-corrected chi connectivity index (χ2v) is 9.39. The molecule has 0 spiro atoms. The summed E-state index contributed by atoms with van der Waals surface area (Å²) >= 11 is 0. The van der Waals surface area contributed by atoms with Gasteiger partial charge in [0.15, 0.2) is 0 Å². The fourth-order valence-electron chi connectivity index (χ4n) is 4.77. The summed E-state index contributed by atoms with van der Waals surface area (Å²) in [6.45, 7) is 6.24. The summed E-state index contributed by atoms with van der Waals surface area (Å²) in [6, 6.07) is 32.2. The summed E-state index contributed by atoms with van der Waals surface area (Å²) in [4.78, 5) is 0. The third-order valence-electron chi connectivity index (χ3n) is 6.91. The van der Waals surface area contributed by atoms with Gasteiger partial charge in [0.25, 0.3) is 0 Å². The summed E-state index contributed by atoms with van der Waals surface area (Å²) in [6.07, 6.45) is 2.30. The zero-order valence-electron chi connectivity index (χ0n) is 19.2. The van der Waals surface area contributed by atoms with Crippen LogP contribution in [0.3, 0.4) is 0 Å². The van der Waals surface area contributed by atoms with E-state index in [4.69, 9.17) is 9.31 Å². The molecule has 1 fully saturated rings. The van der Waals surface area contributed by atoms with Crippen LogP contribution in [0.15, 0.2) is 97.2 Å². The number of rotatable bonds is 3. The van der Waals surface area contributed by atoms with Crippen LogP contribution >= 0.6 is 0 Å². The van der Waals surface area contributed by atoms with Crippen molar-refractivity contribution in [2.75, 3.05) is 0 Å². The van der Waals surface area contributed by atoms with E-state index in [1.165, 1.54) is 27.2 Å². The van der Waals surface area contributed by atoms with Crippen molar-refractivity contribution >= 4 is 34.3 Å². The van der Waals surface area contributed by atoms with E-state index in [-0.39, 0.29) is 18.8 Å². The number of para-hydroxylation sites is 1. The highest BCUT2D eigenvalue weighted by Crippen LogP contribution is 2.37. The molecule has 0 radical (unpaired) electrons. The van der Waals surface area contributed by atoms with Crippen LogP contribution in [0.2, 0.25) is 0 Å². The van der Waals surface area contributed by atoms with Gasteiger partial charge in [-0.3, -0.25) is 0 Å². The topological polar surface area (TPSA) is 23.4 Å². The second-order valence-electron chi connectivity index (χ2n) is 9.39. The van der Waals surface area contributed by atoms with Crippen LogP contribution < -0.4 is 5.46 Å². The molecular formula is C29H26BNO2. The molecule has 1 aliphatic heterocycles. The molecule has 0 amide bonds. The molecule has 0 bridgehead atoms. The van der Waals surface area contributed by atoms with E-state index < -0.39 is 0 Å². The van der Waals surface area contributed by atoms with Gasteiger partial charge in [-0.05, 0) is 49.3 Å². The van der Waals surface area contributed by atoms with Gasteiger partial charge >= 0.3 is 7.12 Å². The lowest BCUT2D eigenvalue weighted by Crippen LogP contribution is -2.34. The maximum Gasteiger partial charge on any atom is 0.494 e. The van der Waals surface area contributed by atoms with E-state index in [9.17, 15) is 0 Å². The molecule has 0 aliphatic carbocycles. The number of nitrogens with zero attached hydrogens (tertiary/aromatic N) is 1. The summed E-state index contributed by atoms with van der Waals surface area (Å²) < 4.78 is 14.7. The standard InChI is InChI=1S/C29H26BNO2/c1-20-29(2,3)33-30(32-20)23-12-9-11-22(18-23)27-19-31(24-13-5-4-6-14-24)28-25-15-8-7-10-21(25)16-17-26(27)28/h4-20H,1-3H3. The molecule has 1 atom stereocenters. The Balaban J connectivity index is 1.55. The third kappa shape index (κ3) is 3.38. The van der Waals surface area contributed by atoms with Crippen LogP contribution in [0.5, 0.6) is 0 Å². The molecule has 2 heterocycles. The van der Waals surface area contributed by atoms with Gasteiger partial charge < -0.3 is 13.9 Å². The highest BCUT2D eigenvalue weighted by molar-refractivity contribution is 6.62. The molecule has 1 saturated heterocycles. The second kappa shape index (κ2) is 7.62. The third-order valence-corrected chi connectivity index (χ3v) is 6.91. The van der Waals surface area contributed by atoms with Crippen LogP contribution in [0, 0.1) is 0 Å². The minimum absolute atomic E-state index is 0.0394. The van der Waals surface area contributed by atoms with Gasteiger partial charge in [0, 0.05) is 28.2 Å². The van der Waals surface area contributed by atoms with Gasteiger partial charge in [0.2, 0.25) is 0 Å². The van der Waals surface area contributed by atoms with E-state index in [0.717, 1.165) is 16.7 Å². The fraction of sp³-hybridized carbons (Fsp3) is 0.172. The molecule has 5 aromatic rings. The molecule has 1 unspecified atom stereocenters. The van der Waals surface area contributed by atoms with Crippen molar-refractivity contribution in [1.29, 1.82) is 0 Å². The van der Waals surface area contributed by atoms with Gasteiger partial charge in [-0.1, -0.05) is 78.9 Å². The predicted molar refractivity (Wildman–Crippen MR) is 137 cm³/mol. The number of aromatic nitrogens is 1. The highest BCUT2D eigenvalue weighted by Gasteiger charge is 2.43. The normalized spacial score (nSPS) is 17.8. The van der Waals surface area contributed by atoms with Crippen molar-refractivity contribution in [2.24, 2.45) is 0 Å². The van der Waals surface area contributed by atoms with Crippen LogP contribution in [-0.2, 0) is 9.31 Å². The lowest BCUT2D eigenvalue weighted by Gasteiger charge is -2.21. The average Bonchev–Trinajstić information content (AvgIpc) is 3.37. The monoisotopic (exact) mass is 431 g/mol. The van der Waals surface area contributed by atoms with Crippen LogP contribution in [0.25, 0.3) is 38.5 Å². The molecule has 0 N–H and O–H groups in total. The van der Waals surface area contributed by atoms with Gasteiger partial charge in [0.1, 0.15) is 0 Å². The lowest BCUT2D eigenvalue weighted by molar-refractivity contribution is 0.0842. The average molecular weight is 431 g/mol. The minimum atomic E-state index is -0.349. The molecule has 3 nitrogen and oxygen atoms in total. The van der Waals surface area contributed by atoms with Crippen molar-refractivity contribution < 1.29 is 9.31 Å². The number of fused-ring (bicyclic) bond motifs is 3. The first-order valence-corrected chi connectivity index (χ1v) is 11.5. The largest absolute Gasteiger partial charge is 0.494 e. The Bertz CT molecular complexity index is 1470. The van der Waals surface area contributed by atoms with Crippen molar-refractivity contribution in [3.05, 3.63) is 97.2 Å². The first kappa shape index (κ1) is 20.3. The Morgan fingerprint density at radius 1 is 0.818 bits per heavy atom. The molecular weight excluding hydrogens is 405 g/mol. The lowest BCUT2D eigenvalue weighted by atomic mass is 9.78. The molecule has 1 aliphatic rings. The zero-order valence-corrected chi connectivity index (χ0v) is 19.2. The SMILES string of the molecule is CC1OB(c2cccc(-c3cn(-c4ccccc4)c4c3ccc3ccccc34)c2)OC1(C)C. The summed E-state index contributed by atoms with van der Waals surface area (Å²) in [5.41, 5.74) is 5.48. The molecule has 4 aromatic carbocycles. The summed E-state index contributed by atoms with van der Waals surface area (Å²) in [7, 11) is -0.349.